The standard InChI is InChI=1S/C24H24N2O3/c1-2-22(29-21-14-9-17-6-3-4-7-18(17)16-21)24(28)25-19-10-12-20(13-11-19)26-15-5-8-23(26)27/h3-4,6-7,9-14,16,22H,2,5,8,15H2,1H3,(H,25,28)/t22-/m0/s1. The molecule has 5 nitrogen and oxygen atoms in total. The maximum Gasteiger partial charge on any atom is 0.265 e. The van der Waals surface area contributed by atoms with Gasteiger partial charge in [0.25, 0.3) is 5.91 Å². The SMILES string of the molecule is CC[C@H](Oc1ccc2ccccc2c1)C(=O)Nc1ccc(N2CCCC2=O)cc1. The van der Waals surface area contributed by atoms with Crippen molar-refractivity contribution in [2.45, 2.75) is 32.3 Å². The van der Waals surface area contributed by atoms with Crippen LogP contribution in [0.2, 0.25) is 0 Å². The molecule has 0 bridgehead atoms. The van der Waals surface area contributed by atoms with E-state index in [2.05, 4.69) is 5.32 Å². The second kappa shape index (κ2) is 8.35. The Balaban J connectivity index is 1.42. The van der Waals surface area contributed by atoms with Crippen molar-refractivity contribution in [2.75, 3.05) is 16.8 Å². The third-order valence-corrected chi connectivity index (χ3v) is 5.18. The van der Waals surface area contributed by atoms with Gasteiger partial charge in [-0.05, 0) is 60.0 Å². The lowest BCUT2D eigenvalue weighted by molar-refractivity contribution is -0.122. The highest BCUT2D eigenvalue weighted by Gasteiger charge is 2.22. The number of carbonyl (C=O) groups excluding carboxylic acids is 2. The molecule has 1 atom stereocenters. The molecule has 3 aromatic carbocycles. The minimum Gasteiger partial charge on any atom is -0.481 e. The van der Waals surface area contributed by atoms with Gasteiger partial charge in [-0.2, -0.15) is 0 Å². The fourth-order valence-corrected chi connectivity index (χ4v) is 3.60. The van der Waals surface area contributed by atoms with Gasteiger partial charge in [-0.1, -0.05) is 37.3 Å². The van der Waals surface area contributed by atoms with E-state index in [9.17, 15) is 9.59 Å². The van der Waals surface area contributed by atoms with Crippen LogP contribution in [-0.4, -0.2) is 24.5 Å². The summed E-state index contributed by atoms with van der Waals surface area (Å²) in [4.78, 5) is 26.3. The monoisotopic (exact) mass is 388 g/mol. The van der Waals surface area contributed by atoms with Crippen LogP contribution in [0.15, 0.2) is 66.7 Å². The predicted octanol–water partition coefficient (Wildman–Crippen LogP) is 4.76. The lowest BCUT2D eigenvalue weighted by Crippen LogP contribution is -2.32. The molecule has 0 aromatic heterocycles. The molecule has 0 radical (unpaired) electrons. The first kappa shape index (κ1) is 19.0. The number of benzene rings is 3. The number of hydrogen-bond donors (Lipinski definition) is 1. The molecule has 0 spiro atoms. The summed E-state index contributed by atoms with van der Waals surface area (Å²) in [7, 11) is 0. The average Bonchev–Trinajstić information content (AvgIpc) is 3.18. The highest BCUT2D eigenvalue weighted by Crippen LogP contribution is 2.24. The van der Waals surface area contributed by atoms with Gasteiger partial charge in [0.15, 0.2) is 6.10 Å². The molecule has 0 unspecified atom stereocenters. The zero-order valence-corrected chi connectivity index (χ0v) is 16.4. The molecule has 1 aliphatic rings. The van der Waals surface area contributed by atoms with E-state index in [1.807, 2.05) is 73.7 Å². The second-order valence-electron chi connectivity index (χ2n) is 7.21. The zero-order valence-electron chi connectivity index (χ0n) is 16.4. The summed E-state index contributed by atoms with van der Waals surface area (Å²) in [6.45, 7) is 2.68. The van der Waals surface area contributed by atoms with E-state index in [1.54, 1.807) is 4.90 Å². The number of hydrogen-bond acceptors (Lipinski definition) is 3. The van der Waals surface area contributed by atoms with Gasteiger partial charge in [0.1, 0.15) is 5.75 Å². The Labute approximate surface area is 170 Å². The Hall–Kier alpha value is -3.34. The minimum absolute atomic E-state index is 0.150. The molecule has 148 valence electrons. The summed E-state index contributed by atoms with van der Waals surface area (Å²) >= 11 is 0. The fraction of sp³-hybridized carbons (Fsp3) is 0.250. The van der Waals surface area contributed by atoms with Gasteiger partial charge in [-0.25, -0.2) is 0 Å². The molecule has 2 amide bonds. The highest BCUT2D eigenvalue weighted by atomic mass is 16.5. The number of amides is 2. The first-order valence-corrected chi connectivity index (χ1v) is 10.0. The van der Waals surface area contributed by atoms with E-state index < -0.39 is 6.10 Å². The first-order chi connectivity index (χ1) is 14.1. The van der Waals surface area contributed by atoms with Gasteiger partial charge in [-0.3, -0.25) is 9.59 Å². The Morgan fingerprint density at radius 3 is 2.52 bits per heavy atom. The highest BCUT2D eigenvalue weighted by molar-refractivity contribution is 5.97. The predicted molar refractivity (Wildman–Crippen MR) is 115 cm³/mol. The number of nitrogens with one attached hydrogen (secondary N) is 1. The van der Waals surface area contributed by atoms with E-state index in [0.29, 0.717) is 24.3 Å². The van der Waals surface area contributed by atoms with E-state index in [4.69, 9.17) is 4.74 Å². The fourth-order valence-electron chi connectivity index (χ4n) is 3.60. The number of carbonyl (C=O) groups is 2. The Morgan fingerprint density at radius 2 is 1.83 bits per heavy atom. The van der Waals surface area contributed by atoms with E-state index >= 15 is 0 Å². The molecule has 3 aromatic rings. The molecular formula is C24H24N2O3. The number of fused-ring (bicyclic) bond motifs is 1. The van der Waals surface area contributed by atoms with Crippen molar-refractivity contribution in [1.29, 1.82) is 0 Å². The number of anilines is 2. The van der Waals surface area contributed by atoms with Crippen molar-refractivity contribution in [3.05, 3.63) is 66.7 Å². The van der Waals surface area contributed by atoms with Gasteiger partial charge >= 0.3 is 0 Å². The van der Waals surface area contributed by atoms with Crippen molar-refractivity contribution in [3.8, 4) is 5.75 Å². The summed E-state index contributed by atoms with van der Waals surface area (Å²) in [5.74, 6) is 0.635. The van der Waals surface area contributed by atoms with Crippen LogP contribution < -0.4 is 15.0 Å². The second-order valence-corrected chi connectivity index (χ2v) is 7.21. The first-order valence-electron chi connectivity index (χ1n) is 10.0. The topological polar surface area (TPSA) is 58.6 Å². The molecule has 1 heterocycles. The zero-order chi connectivity index (χ0) is 20.2. The summed E-state index contributed by atoms with van der Waals surface area (Å²) in [6.07, 6.45) is 1.46. The van der Waals surface area contributed by atoms with Crippen LogP contribution in [0.25, 0.3) is 10.8 Å². The molecule has 5 heteroatoms. The van der Waals surface area contributed by atoms with E-state index in [1.165, 1.54) is 0 Å². The van der Waals surface area contributed by atoms with Gasteiger partial charge < -0.3 is 15.0 Å². The smallest absolute Gasteiger partial charge is 0.265 e. The maximum absolute atomic E-state index is 12.7. The number of nitrogens with zero attached hydrogens (tertiary/aromatic N) is 1. The van der Waals surface area contributed by atoms with Crippen LogP contribution in [0.4, 0.5) is 11.4 Å². The van der Waals surface area contributed by atoms with Crippen LogP contribution in [-0.2, 0) is 9.59 Å². The van der Waals surface area contributed by atoms with Crippen LogP contribution in [0.1, 0.15) is 26.2 Å². The summed E-state index contributed by atoms with van der Waals surface area (Å²) in [5, 5.41) is 5.12. The van der Waals surface area contributed by atoms with Gasteiger partial charge in [-0.15, -0.1) is 0 Å². The van der Waals surface area contributed by atoms with Crippen molar-refractivity contribution < 1.29 is 14.3 Å². The molecule has 0 saturated carbocycles. The number of ether oxygens (including phenoxy) is 1. The van der Waals surface area contributed by atoms with Crippen LogP contribution in [0.3, 0.4) is 0 Å². The Bertz CT molecular complexity index is 1030. The van der Waals surface area contributed by atoms with E-state index in [-0.39, 0.29) is 11.8 Å². The third-order valence-electron chi connectivity index (χ3n) is 5.18. The average molecular weight is 388 g/mol. The van der Waals surface area contributed by atoms with Gasteiger partial charge in [0.05, 0.1) is 0 Å². The molecule has 29 heavy (non-hydrogen) atoms. The largest absolute Gasteiger partial charge is 0.481 e. The van der Waals surface area contributed by atoms with Crippen molar-refractivity contribution >= 4 is 34.0 Å². The third kappa shape index (κ3) is 4.24. The molecule has 0 aliphatic carbocycles. The minimum atomic E-state index is -0.587. The molecule has 1 saturated heterocycles. The summed E-state index contributed by atoms with van der Waals surface area (Å²) in [6, 6.07) is 21.3. The van der Waals surface area contributed by atoms with Gasteiger partial charge in [0.2, 0.25) is 5.91 Å². The quantitative estimate of drug-likeness (QED) is 0.662. The van der Waals surface area contributed by atoms with Crippen molar-refractivity contribution in [1.82, 2.24) is 0 Å². The van der Waals surface area contributed by atoms with Gasteiger partial charge in [0, 0.05) is 24.3 Å². The molecule has 1 fully saturated rings. The van der Waals surface area contributed by atoms with Crippen molar-refractivity contribution in [2.24, 2.45) is 0 Å². The van der Waals surface area contributed by atoms with Crippen LogP contribution >= 0.6 is 0 Å². The van der Waals surface area contributed by atoms with Crippen LogP contribution in [0.5, 0.6) is 5.75 Å². The normalized spacial score (nSPS) is 14.8. The molecule has 1 aliphatic heterocycles. The lowest BCUT2D eigenvalue weighted by Gasteiger charge is -2.19. The Morgan fingerprint density at radius 1 is 1.07 bits per heavy atom. The summed E-state index contributed by atoms with van der Waals surface area (Å²) in [5.41, 5.74) is 1.55. The molecule has 1 N–H and O–H groups in total. The maximum atomic E-state index is 12.7. The Kier molecular flexibility index (Phi) is 5.47. The molecular weight excluding hydrogens is 364 g/mol. The van der Waals surface area contributed by atoms with Crippen molar-refractivity contribution in [3.63, 3.8) is 0 Å². The lowest BCUT2D eigenvalue weighted by atomic mass is 10.1. The number of rotatable bonds is 6. The molecule has 4 rings (SSSR count). The van der Waals surface area contributed by atoms with E-state index in [0.717, 1.165) is 29.4 Å². The summed E-state index contributed by atoms with van der Waals surface area (Å²) < 4.78 is 5.96. The van der Waals surface area contributed by atoms with Crippen LogP contribution in [0, 0.1) is 0 Å².